The second-order valence-corrected chi connectivity index (χ2v) is 2.88. The van der Waals surface area contributed by atoms with Gasteiger partial charge in [0, 0.05) is 18.3 Å². The van der Waals surface area contributed by atoms with Crippen LogP contribution in [0.15, 0.2) is 18.6 Å². The van der Waals surface area contributed by atoms with Gasteiger partial charge in [-0.3, -0.25) is 4.79 Å². The van der Waals surface area contributed by atoms with Gasteiger partial charge >= 0.3 is 5.97 Å². The van der Waals surface area contributed by atoms with Crippen LogP contribution in [0.5, 0.6) is 0 Å². The Labute approximate surface area is 75.1 Å². The number of nitrogens with zero attached hydrogens (tertiary/aromatic N) is 2. The van der Waals surface area contributed by atoms with Crippen molar-refractivity contribution in [2.45, 2.75) is 11.7 Å². The molecule has 5 heteroatoms. The van der Waals surface area contributed by atoms with E-state index in [0.29, 0.717) is 12.1 Å². The Balaban J connectivity index is 2.58. The summed E-state index contributed by atoms with van der Waals surface area (Å²) >= 11 is 3.88. The second kappa shape index (κ2) is 4.06. The lowest BCUT2D eigenvalue weighted by molar-refractivity contribution is -0.136. The van der Waals surface area contributed by atoms with Gasteiger partial charge in [-0.25, -0.2) is 9.97 Å². The molecule has 1 unspecified atom stereocenters. The Kier molecular flexibility index (Phi) is 3.04. The number of aromatic nitrogens is 2. The van der Waals surface area contributed by atoms with Crippen LogP contribution in [-0.4, -0.2) is 26.3 Å². The quantitative estimate of drug-likeness (QED) is 0.667. The van der Waals surface area contributed by atoms with E-state index in [2.05, 4.69) is 22.6 Å². The van der Waals surface area contributed by atoms with Crippen molar-refractivity contribution in [1.82, 2.24) is 9.97 Å². The minimum atomic E-state index is -0.933. The lowest BCUT2D eigenvalue weighted by atomic mass is 10.2. The summed E-state index contributed by atoms with van der Waals surface area (Å²) in [4.78, 5) is 18.0. The fourth-order valence-electron chi connectivity index (χ4n) is 0.724. The molecule has 0 radical (unpaired) electrons. The Morgan fingerprint density at radius 1 is 1.75 bits per heavy atom. The molecule has 0 bridgehead atoms. The molecule has 0 spiro atoms. The number of carboxylic acid groups (broad SMARTS) is 1. The zero-order chi connectivity index (χ0) is 8.97. The van der Waals surface area contributed by atoms with Crippen LogP contribution in [-0.2, 0) is 11.2 Å². The molecule has 0 aliphatic rings. The third kappa shape index (κ3) is 2.50. The Bertz CT molecular complexity index is 265. The summed E-state index contributed by atoms with van der Waals surface area (Å²) in [7, 11) is 0. The van der Waals surface area contributed by atoms with Crippen LogP contribution in [0, 0.1) is 0 Å². The van der Waals surface area contributed by atoms with Crippen molar-refractivity contribution < 1.29 is 9.90 Å². The Morgan fingerprint density at radius 2 is 2.50 bits per heavy atom. The van der Waals surface area contributed by atoms with Crippen LogP contribution < -0.4 is 0 Å². The standard InChI is InChI=1S/C7H8N2O2S/c10-7(11)6(12)3-5-1-2-8-4-9-5/h1-2,4,6,12H,3H2,(H,10,11). The van der Waals surface area contributed by atoms with Gasteiger partial charge in [0.2, 0.25) is 0 Å². The van der Waals surface area contributed by atoms with Crippen LogP contribution >= 0.6 is 12.6 Å². The first kappa shape index (κ1) is 8.99. The summed E-state index contributed by atoms with van der Waals surface area (Å²) in [6.07, 6.45) is 3.28. The van der Waals surface area contributed by atoms with Crippen molar-refractivity contribution in [3.05, 3.63) is 24.3 Å². The molecule has 0 saturated carbocycles. The first-order valence-corrected chi connectivity index (χ1v) is 3.87. The molecule has 12 heavy (non-hydrogen) atoms. The normalized spacial score (nSPS) is 12.4. The van der Waals surface area contributed by atoms with Crippen molar-refractivity contribution in [3.63, 3.8) is 0 Å². The predicted molar refractivity (Wildman–Crippen MR) is 46.1 cm³/mol. The minimum absolute atomic E-state index is 0.320. The van der Waals surface area contributed by atoms with E-state index in [1.807, 2.05) is 0 Å². The van der Waals surface area contributed by atoms with E-state index in [4.69, 9.17) is 5.11 Å². The number of hydrogen-bond donors (Lipinski definition) is 2. The van der Waals surface area contributed by atoms with Crippen LogP contribution in [0.1, 0.15) is 5.69 Å². The van der Waals surface area contributed by atoms with Gasteiger partial charge < -0.3 is 5.11 Å². The average Bonchev–Trinajstić information content (AvgIpc) is 2.06. The number of hydrogen-bond acceptors (Lipinski definition) is 4. The van der Waals surface area contributed by atoms with Crippen LogP contribution in [0.3, 0.4) is 0 Å². The molecule has 0 aromatic carbocycles. The highest BCUT2D eigenvalue weighted by molar-refractivity contribution is 7.81. The lowest BCUT2D eigenvalue weighted by Crippen LogP contribution is -2.16. The van der Waals surface area contributed by atoms with E-state index in [9.17, 15) is 4.79 Å². The van der Waals surface area contributed by atoms with E-state index >= 15 is 0 Å². The second-order valence-electron chi connectivity index (χ2n) is 2.26. The molecule has 1 rings (SSSR count). The van der Waals surface area contributed by atoms with Gasteiger partial charge in [0.1, 0.15) is 11.6 Å². The zero-order valence-electron chi connectivity index (χ0n) is 6.21. The largest absolute Gasteiger partial charge is 0.480 e. The highest BCUT2D eigenvalue weighted by Gasteiger charge is 2.12. The van der Waals surface area contributed by atoms with E-state index in [1.54, 1.807) is 12.3 Å². The van der Waals surface area contributed by atoms with E-state index in [-0.39, 0.29) is 0 Å². The molecule has 1 heterocycles. The van der Waals surface area contributed by atoms with Gasteiger partial charge in [0.15, 0.2) is 0 Å². The maximum atomic E-state index is 10.4. The van der Waals surface area contributed by atoms with Crippen LogP contribution in [0.2, 0.25) is 0 Å². The summed E-state index contributed by atoms with van der Waals surface area (Å²) in [5.41, 5.74) is 0.687. The molecule has 0 saturated heterocycles. The molecular formula is C7H8N2O2S. The molecule has 64 valence electrons. The third-order valence-corrected chi connectivity index (χ3v) is 1.73. The summed E-state index contributed by atoms with van der Waals surface area (Å²) in [6, 6.07) is 1.67. The van der Waals surface area contributed by atoms with Crippen LogP contribution in [0.25, 0.3) is 0 Å². The van der Waals surface area contributed by atoms with Crippen molar-refractivity contribution in [2.24, 2.45) is 0 Å². The van der Waals surface area contributed by atoms with Gasteiger partial charge in [0.25, 0.3) is 0 Å². The average molecular weight is 184 g/mol. The van der Waals surface area contributed by atoms with Crippen molar-refractivity contribution in [1.29, 1.82) is 0 Å². The van der Waals surface area contributed by atoms with Gasteiger partial charge in [0.05, 0.1) is 0 Å². The number of rotatable bonds is 3. The first-order valence-electron chi connectivity index (χ1n) is 3.36. The SMILES string of the molecule is O=C(O)C(S)Cc1ccncn1. The molecule has 1 aromatic rings. The highest BCUT2D eigenvalue weighted by Crippen LogP contribution is 2.03. The van der Waals surface area contributed by atoms with Gasteiger partial charge in [-0.15, -0.1) is 0 Å². The van der Waals surface area contributed by atoms with Gasteiger partial charge in [-0.2, -0.15) is 12.6 Å². The summed E-state index contributed by atoms with van der Waals surface area (Å²) in [5, 5.41) is 7.83. The van der Waals surface area contributed by atoms with Crippen molar-refractivity contribution >= 4 is 18.6 Å². The van der Waals surface area contributed by atoms with Crippen molar-refractivity contribution in [2.75, 3.05) is 0 Å². The lowest BCUT2D eigenvalue weighted by Gasteiger charge is -2.02. The molecule has 0 aliphatic carbocycles. The number of thiol groups is 1. The predicted octanol–water partition coefficient (Wildman–Crippen LogP) is 0.402. The molecule has 4 nitrogen and oxygen atoms in total. The maximum absolute atomic E-state index is 10.4. The molecule has 0 amide bonds. The molecule has 1 aromatic heterocycles. The summed E-state index contributed by atoms with van der Waals surface area (Å²) in [6.45, 7) is 0. The van der Waals surface area contributed by atoms with E-state index < -0.39 is 11.2 Å². The molecule has 1 atom stereocenters. The molecular weight excluding hydrogens is 176 g/mol. The number of carboxylic acids is 1. The van der Waals surface area contributed by atoms with Crippen LogP contribution in [0.4, 0.5) is 0 Å². The summed E-state index contributed by atoms with van der Waals surface area (Å²) < 4.78 is 0. The maximum Gasteiger partial charge on any atom is 0.316 e. The number of carbonyl (C=O) groups is 1. The van der Waals surface area contributed by atoms with E-state index in [0.717, 1.165) is 0 Å². The minimum Gasteiger partial charge on any atom is -0.480 e. The Hall–Kier alpha value is -1.10. The molecule has 0 fully saturated rings. The highest BCUT2D eigenvalue weighted by atomic mass is 32.1. The fraction of sp³-hybridized carbons (Fsp3) is 0.286. The summed E-state index contributed by atoms with van der Waals surface area (Å²) in [5.74, 6) is -0.933. The van der Waals surface area contributed by atoms with Gasteiger partial charge in [-0.05, 0) is 6.07 Å². The number of aliphatic carboxylic acids is 1. The zero-order valence-corrected chi connectivity index (χ0v) is 7.11. The van der Waals surface area contributed by atoms with Crippen molar-refractivity contribution in [3.8, 4) is 0 Å². The Morgan fingerprint density at radius 3 is 3.00 bits per heavy atom. The molecule has 0 aliphatic heterocycles. The fourth-order valence-corrected chi connectivity index (χ4v) is 0.911. The van der Waals surface area contributed by atoms with E-state index in [1.165, 1.54) is 6.33 Å². The smallest absolute Gasteiger partial charge is 0.316 e. The molecule has 1 N–H and O–H groups in total. The third-order valence-electron chi connectivity index (χ3n) is 1.33. The first-order chi connectivity index (χ1) is 5.70. The monoisotopic (exact) mass is 184 g/mol. The van der Waals surface area contributed by atoms with Gasteiger partial charge in [-0.1, -0.05) is 0 Å². The topological polar surface area (TPSA) is 63.1 Å².